The number of carbonyl (C=O) groups is 2. The summed E-state index contributed by atoms with van der Waals surface area (Å²) in [6.45, 7) is 8.94. The fourth-order valence-corrected chi connectivity index (χ4v) is 5.80. The lowest BCUT2D eigenvalue weighted by Crippen LogP contribution is -2.35. The number of ether oxygens (including phenoxy) is 2. The molecule has 0 saturated carbocycles. The molecule has 0 aromatic carbocycles. The Morgan fingerprint density at radius 1 is 0.357 bits per heavy atom. The molecule has 0 bridgehead atoms. The lowest BCUT2D eigenvalue weighted by molar-refractivity contribution is -0.169. The fraction of sp³-hybridized carbons (Fsp3) is 0.947. The second-order valence-corrected chi connectivity index (χ2v) is 12.9. The van der Waals surface area contributed by atoms with E-state index in [-0.39, 0.29) is 24.1 Å². The molecule has 0 saturated heterocycles. The van der Waals surface area contributed by atoms with E-state index in [4.69, 9.17) is 9.47 Å². The average Bonchev–Trinajstić information content (AvgIpc) is 2.98. The Labute approximate surface area is 263 Å². The largest absolute Gasteiger partial charge is 0.458 e. The van der Waals surface area contributed by atoms with Crippen LogP contribution >= 0.6 is 0 Å². The molecule has 0 spiro atoms. The smallest absolute Gasteiger partial charge is 0.306 e. The van der Waals surface area contributed by atoms with Crippen molar-refractivity contribution >= 4 is 11.9 Å². The van der Waals surface area contributed by atoms with E-state index in [1.165, 1.54) is 109 Å². The third kappa shape index (κ3) is 27.8. The number of hydrogen-bond acceptors (Lipinski definition) is 4. The highest BCUT2D eigenvalue weighted by atomic mass is 16.6. The van der Waals surface area contributed by atoms with Crippen molar-refractivity contribution in [1.29, 1.82) is 0 Å². The minimum absolute atomic E-state index is 0.105. The molecule has 2 unspecified atom stereocenters. The molecule has 0 amide bonds. The predicted molar refractivity (Wildman–Crippen MR) is 181 cm³/mol. The molecule has 0 rings (SSSR count). The van der Waals surface area contributed by atoms with Gasteiger partial charge in [0.05, 0.1) is 0 Å². The van der Waals surface area contributed by atoms with Gasteiger partial charge in [0.1, 0.15) is 12.2 Å². The van der Waals surface area contributed by atoms with Gasteiger partial charge < -0.3 is 9.47 Å². The van der Waals surface area contributed by atoms with Gasteiger partial charge in [0.15, 0.2) is 0 Å². The maximum atomic E-state index is 12.9. The molecule has 42 heavy (non-hydrogen) atoms. The number of rotatable bonds is 33. The second-order valence-electron chi connectivity index (χ2n) is 12.9. The summed E-state index contributed by atoms with van der Waals surface area (Å²) in [6, 6.07) is 0. The number of unbranched alkanes of at least 4 members (excludes halogenated alkanes) is 22. The zero-order valence-corrected chi connectivity index (χ0v) is 29.0. The van der Waals surface area contributed by atoms with Crippen molar-refractivity contribution in [2.75, 3.05) is 0 Å². The van der Waals surface area contributed by atoms with Crippen LogP contribution in [0.1, 0.15) is 220 Å². The molecule has 0 heterocycles. The Morgan fingerprint density at radius 3 is 0.929 bits per heavy atom. The molecule has 0 aliphatic carbocycles. The van der Waals surface area contributed by atoms with E-state index in [2.05, 4.69) is 27.7 Å². The van der Waals surface area contributed by atoms with Crippen LogP contribution < -0.4 is 0 Å². The first-order chi connectivity index (χ1) is 20.6. The van der Waals surface area contributed by atoms with Gasteiger partial charge in [-0.3, -0.25) is 9.59 Å². The Hall–Kier alpha value is -1.06. The van der Waals surface area contributed by atoms with E-state index in [0.29, 0.717) is 12.8 Å². The summed E-state index contributed by atoms with van der Waals surface area (Å²) in [7, 11) is 0. The van der Waals surface area contributed by atoms with Gasteiger partial charge in [-0.05, 0) is 38.5 Å². The SMILES string of the molecule is CCCCCCCCCCCC(=O)OC(CCCCC)C(CCCCCCC)OC(=O)CCCCCCCCCCC. The van der Waals surface area contributed by atoms with Gasteiger partial charge in [-0.15, -0.1) is 0 Å². The Morgan fingerprint density at radius 2 is 0.595 bits per heavy atom. The Bertz CT molecular complexity index is 575. The van der Waals surface area contributed by atoms with Crippen LogP contribution in [0.3, 0.4) is 0 Å². The van der Waals surface area contributed by atoms with Crippen molar-refractivity contribution in [3.05, 3.63) is 0 Å². The molecule has 0 fully saturated rings. The highest BCUT2D eigenvalue weighted by Crippen LogP contribution is 2.22. The molecule has 0 aliphatic rings. The lowest BCUT2D eigenvalue weighted by Gasteiger charge is -2.27. The first-order valence-corrected chi connectivity index (χ1v) is 19.0. The molecule has 0 aromatic rings. The van der Waals surface area contributed by atoms with E-state index in [9.17, 15) is 9.59 Å². The van der Waals surface area contributed by atoms with E-state index in [1.54, 1.807) is 0 Å². The van der Waals surface area contributed by atoms with E-state index in [0.717, 1.165) is 70.6 Å². The van der Waals surface area contributed by atoms with Crippen LogP contribution in [-0.2, 0) is 19.1 Å². The van der Waals surface area contributed by atoms with Crippen molar-refractivity contribution in [2.45, 2.75) is 233 Å². The Balaban J connectivity index is 4.74. The maximum absolute atomic E-state index is 12.9. The zero-order chi connectivity index (χ0) is 30.9. The Kier molecular flexibility index (Phi) is 32.0. The van der Waals surface area contributed by atoms with Gasteiger partial charge in [0.2, 0.25) is 0 Å². The van der Waals surface area contributed by atoms with Crippen LogP contribution in [-0.4, -0.2) is 24.1 Å². The normalized spacial score (nSPS) is 12.8. The first kappa shape index (κ1) is 40.9. The van der Waals surface area contributed by atoms with Crippen molar-refractivity contribution in [3.8, 4) is 0 Å². The van der Waals surface area contributed by atoms with E-state index >= 15 is 0 Å². The molecule has 0 aliphatic heterocycles. The van der Waals surface area contributed by atoms with Gasteiger partial charge in [-0.2, -0.15) is 0 Å². The molecule has 4 heteroatoms. The molecule has 250 valence electrons. The van der Waals surface area contributed by atoms with Crippen molar-refractivity contribution in [3.63, 3.8) is 0 Å². The predicted octanol–water partition coefficient (Wildman–Crippen LogP) is 12.6. The molecular weight excluding hydrogens is 520 g/mol. The minimum atomic E-state index is -0.305. The topological polar surface area (TPSA) is 52.6 Å². The van der Waals surface area contributed by atoms with E-state index < -0.39 is 0 Å². The summed E-state index contributed by atoms with van der Waals surface area (Å²) < 4.78 is 12.2. The monoisotopic (exact) mass is 595 g/mol. The number of hydrogen-bond donors (Lipinski definition) is 0. The minimum Gasteiger partial charge on any atom is -0.458 e. The van der Waals surface area contributed by atoms with Crippen LogP contribution in [0.5, 0.6) is 0 Å². The van der Waals surface area contributed by atoms with Crippen molar-refractivity contribution < 1.29 is 19.1 Å². The highest BCUT2D eigenvalue weighted by Gasteiger charge is 2.28. The van der Waals surface area contributed by atoms with Gasteiger partial charge in [0.25, 0.3) is 0 Å². The third-order valence-electron chi connectivity index (χ3n) is 8.63. The molecular formula is C38H74O4. The van der Waals surface area contributed by atoms with E-state index in [1.807, 2.05) is 0 Å². The molecule has 0 aromatic heterocycles. The second kappa shape index (κ2) is 32.8. The van der Waals surface area contributed by atoms with Crippen molar-refractivity contribution in [2.24, 2.45) is 0 Å². The van der Waals surface area contributed by atoms with Gasteiger partial charge in [0, 0.05) is 12.8 Å². The van der Waals surface area contributed by atoms with Crippen LogP contribution in [0.25, 0.3) is 0 Å². The number of esters is 2. The summed E-state index contributed by atoms with van der Waals surface area (Å²) in [6.07, 6.45) is 33.3. The molecule has 0 N–H and O–H groups in total. The lowest BCUT2D eigenvalue weighted by atomic mass is 9.99. The average molecular weight is 595 g/mol. The standard InChI is InChI=1S/C38H74O4/c1-5-9-13-16-18-20-22-25-29-33-37(39)41-35(31-27-12-8-4)36(32-28-24-15-11-7-3)42-38(40)34-30-26-23-21-19-17-14-10-6-2/h35-36H,5-34H2,1-4H3. The summed E-state index contributed by atoms with van der Waals surface area (Å²) >= 11 is 0. The molecule has 4 nitrogen and oxygen atoms in total. The van der Waals surface area contributed by atoms with Gasteiger partial charge in [-0.1, -0.05) is 169 Å². The van der Waals surface area contributed by atoms with Crippen LogP contribution in [0, 0.1) is 0 Å². The molecule has 2 atom stereocenters. The van der Waals surface area contributed by atoms with Gasteiger partial charge in [-0.25, -0.2) is 0 Å². The van der Waals surface area contributed by atoms with Crippen molar-refractivity contribution in [1.82, 2.24) is 0 Å². The highest BCUT2D eigenvalue weighted by molar-refractivity contribution is 5.70. The third-order valence-corrected chi connectivity index (χ3v) is 8.63. The van der Waals surface area contributed by atoms with Crippen LogP contribution in [0.4, 0.5) is 0 Å². The van der Waals surface area contributed by atoms with Gasteiger partial charge >= 0.3 is 11.9 Å². The summed E-state index contributed by atoms with van der Waals surface area (Å²) in [5.74, 6) is -0.211. The maximum Gasteiger partial charge on any atom is 0.306 e. The van der Waals surface area contributed by atoms with Crippen LogP contribution in [0.15, 0.2) is 0 Å². The quantitative estimate of drug-likeness (QED) is 0.0560. The summed E-state index contributed by atoms with van der Waals surface area (Å²) in [4.78, 5) is 25.8. The first-order valence-electron chi connectivity index (χ1n) is 19.0. The number of carbonyl (C=O) groups excluding carboxylic acids is 2. The van der Waals surface area contributed by atoms with Crippen LogP contribution in [0.2, 0.25) is 0 Å². The fourth-order valence-electron chi connectivity index (χ4n) is 5.80. The summed E-state index contributed by atoms with van der Waals surface area (Å²) in [5, 5.41) is 0. The zero-order valence-electron chi connectivity index (χ0n) is 29.0. The summed E-state index contributed by atoms with van der Waals surface area (Å²) in [5.41, 5.74) is 0. The molecule has 0 radical (unpaired) electrons.